The number of aromatic nitrogens is 2. The first-order chi connectivity index (χ1) is 12.3. The Morgan fingerprint density at radius 2 is 1.96 bits per heavy atom. The monoisotopic (exact) mass is 353 g/mol. The second kappa shape index (κ2) is 6.81. The van der Waals surface area contributed by atoms with E-state index in [1.54, 1.807) is 0 Å². The van der Waals surface area contributed by atoms with Crippen LogP contribution in [0.2, 0.25) is 5.02 Å². The summed E-state index contributed by atoms with van der Waals surface area (Å²) in [6.07, 6.45) is 1.71. The molecule has 0 unspecified atom stereocenters. The van der Waals surface area contributed by atoms with Crippen LogP contribution in [0.3, 0.4) is 0 Å². The summed E-state index contributed by atoms with van der Waals surface area (Å²) in [5, 5.41) is 9.15. The number of hydrogen-bond acceptors (Lipinski definition) is 3. The molecule has 0 fully saturated rings. The van der Waals surface area contributed by atoms with E-state index in [2.05, 4.69) is 11.4 Å². The molecule has 25 heavy (non-hydrogen) atoms. The summed E-state index contributed by atoms with van der Waals surface area (Å²) in [6, 6.07) is 16.0. The number of nitrogens with zero attached hydrogens (tertiary/aromatic N) is 2. The van der Waals surface area contributed by atoms with E-state index in [-0.39, 0.29) is 0 Å². The van der Waals surface area contributed by atoms with Gasteiger partial charge in [0.05, 0.1) is 12.3 Å². The molecule has 128 valence electrons. The van der Waals surface area contributed by atoms with Crippen molar-refractivity contribution in [2.24, 2.45) is 0 Å². The van der Waals surface area contributed by atoms with E-state index < -0.39 is 0 Å². The summed E-state index contributed by atoms with van der Waals surface area (Å²) >= 11 is 6.35. The Hall–Kier alpha value is -2.46. The number of benzene rings is 2. The van der Waals surface area contributed by atoms with E-state index in [0.717, 1.165) is 52.9 Å². The molecule has 0 spiro atoms. The van der Waals surface area contributed by atoms with Gasteiger partial charge in [-0.3, -0.25) is 0 Å². The summed E-state index contributed by atoms with van der Waals surface area (Å²) in [7, 11) is 0. The predicted octanol–water partition coefficient (Wildman–Crippen LogP) is 4.48. The molecule has 0 amide bonds. The van der Waals surface area contributed by atoms with Gasteiger partial charge in [-0.1, -0.05) is 41.9 Å². The normalized spacial score (nSPS) is 12.7. The maximum atomic E-state index is 6.35. The lowest BCUT2D eigenvalue weighted by Gasteiger charge is -2.12. The maximum absolute atomic E-state index is 6.35. The van der Waals surface area contributed by atoms with Crippen molar-refractivity contribution in [1.29, 1.82) is 0 Å². The topological polar surface area (TPSA) is 39.1 Å². The van der Waals surface area contributed by atoms with Crippen LogP contribution in [0.4, 0.5) is 5.82 Å². The molecular weight excluding hydrogens is 334 g/mol. The van der Waals surface area contributed by atoms with E-state index in [4.69, 9.17) is 21.4 Å². The minimum Gasteiger partial charge on any atom is -0.492 e. The maximum Gasteiger partial charge on any atom is 0.145 e. The van der Waals surface area contributed by atoms with Crippen LogP contribution < -0.4 is 10.1 Å². The van der Waals surface area contributed by atoms with Gasteiger partial charge in [0.15, 0.2) is 0 Å². The van der Waals surface area contributed by atoms with E-state index >= 15 is 0 Å². The Labute approximate surface area is 152 Å². The number of para-hydroxylation sites is 2. The third-order valence-electron chi connectivity index (χ3n) is 4.44. The van der Waals surface area contributed by atoms with Crippen molar-refractivity contribution in [3.05, 3.63) is 70.4 Å². The number of rotatable bonds is 5. The molecule has 4 rings (SSSR count). The molecule has 0 radical (unpaired) electrons. The third-order valence-corrected chi connectivity index (χ3v) is 4.81. The van der Waals surface area contributed by atoms with Gasteiger partial charge in [0.25, 0.3) is 0 Å². The highest BCUT2D eigenvalue weighted by Crippen LogP contribution is 2.33. The molecule has 0 saturated heterocycles. The van der Waals surface area contributed by atoms with Crippen LogP contribution in [0.5, 0.6) is 5.75 Å². The highest BCUT2D eigenvalue weighted by molar-refractivity contribution is 6.31. The lowest BCUT2D eigenvalue weighted by atomic mass is 10.1. The fraction of sp³-hybridized carbons (Fsp3) is 0.250. The second-order valence-electron chi connectivity index (χ2n) is 6.03. The smallest absolute Gasteiger partial charge is 0.145 e. The molecule has 5 heteroatoms. The summed E-state index contributed by atoms with van der Waals surface area (Å²) < 4.78 is 7.76. The molecule has 0 aliphatic carbocycles. The van der Waals surface area contributed by atoms with Gasteiger partial charge >= 0.3 is 0 Å². The van der Waals surface area contributed by atoms with Crippen LogP contribution in [-0.2, 0) is 12.8 Å². The quantitative estimate of drug-likeness (QED) is 0.734. The highest BCUT2D eigenvalue weighted by Gasteiger charge is 2.24. The number of ether oxygens (including phenoxy) is 1. The first-order valence-electron chi connectivity index (χ1n) is 8.58. The molecular formula is C20H20ClN3O. The van der Waals surface area contributed by atoms with Crippen LogP contribution in [0.15, 0.2) is 48.5 Å². The molecule has 0 saturated carbocycles. The van der Waals surface area contributed by atoms with Crippen LogP contribution in [-0.4, -0.2) is 22.9 Å². The number of nitrogens with one attached hydrogen (secondary N) is 1. The van der Waals surface area contributed by atoms with Gasteiger partial charge in [0.1, 0.15) is 17.3 Å². The number of anilines is 1. The number of hydrogen-bond donors (Lipinski definition) is 1. The molecule has 1 N–H and O–H groups in total. The fourth-order valence-corrected chi connectivity index (χ4v) is 3.50. The van der Waals surface area contributed by atoms with E-state index in [0.29, 0.717) is 6.61 Å². The van der Waals surface area contributed by atoms with Crippen molar-refractivity contribution in [3.8, 4) is 11.4 Å². The molecule has 1 aliphatic rings. The first-order valence-corrected chi connectivity index (χ1v) is 8.96. The Kier molecular flexibility index (Phi) is 4.36. The number of halogens is 1. The van der Waals surface area contributed by atoms with E-state index in [1.165, 1.54) is 5.56 Å². The first kappa shape index (κ1) is 16.0. The minimum absolute atomic E-state index is 0.625. The average molecular weight is 354 g/mol. The molecule has 4 nitrogen and oxygen atoms in total. The number of fused-ring (bicyclic) bond motifs is 1. The molecule has 0 atom stereocenters. The molecule has 2 aromatic carbocycles. The van der Waals surface area contributed by atoms with Crippen molar-refractivity contribution in [3.63, 3.8) is 0 Å². The molecule has 2 heterocycles. The van der Waals surface area contributed by atoms with E-state index in [1.807, 2.05) is 54.1 Å². The standard InChI is InChI=1S/C20H20ClN3O/c1-2-25-19-10-6-5-9-18(19)24-20-15(11-12-22-20)17(23-24)13-14-7-3-4-8-16(14)21/h3-10,22H,2,11-13H2,1H3. The SMILES string of the molecule is CCOc1ccccc1-n1nc(Cc2ccccc2Cl)c2c1NCC2. The van der Waals surface area contributed by atoms with Crippen molar-refractivity contribution >= 4 is 17.4 Å². The zero-order valence-corrected chi connectivity index (χ0v) is 14.9. The summed E-state index contributed by atoms with van der Waals surface area (Å²) in [6.45, 7) is 3.55. The zero-order valence-electron chi connectivity index (χ0n) is 14.1. The van der Waals surface area contributed by atoms with Gasteiger partial charge in [-0.25, -0.2) is 4.68 Å². The lowest BCUT2D eigenvalue weighted by Crippen LogP contribution is -2.07. The Balaban J connectivity index is 1.78. The van der Waals surface area contributed by atoms with Crippen molar-refractivity contribution in [2.45, 2.75) is 19.8 Å². The van der Waals surface area contributed by atoms with Crippen molar-refractivity contribution in [1.82, 2.24) is 9.78 Å². The Morgan fingerprint density at radius 1 is 1.16 bits per heavy atom. The van der Waals surface area contributed by atoms with Crippen LogP contribution in [0.1, 0.15) is 23.7 Å². The van der Waals surface area contributed by atoms with Gasteiger partial charge < -0.3 is 10.1 Å². The third kappa shape index (κ3) is 2.98. The van der Waals surface area contributed by atoms with Gasteiger partial charge in [-0.05, 0) is 37.1 Å². The molecule has 3 aromatic rings. The minimum atomic E-state index is 0.625. The van der Waals surface area contributed by atoms with Crippen LogP contribution in [0.25, 0.3) is 5.69 Å². The molecule has 1 aliphatic heterocycles. The summed E-state index contributed by atoms with van der Waals surface area (Å²) in [4.78, 5) is 0. The van der Waals surface area contributed by atoms with Crippen molar-refractivity contribution < 1.29 is 4.74 Å². The molecule has 0 bridgehead atoms. The van der Waals surface area contributed by atoms with Gasteiger partial charge in [0.2, 0.25) is 0 Å². The van der Waals surface area contributed by atoms with E-state index in [9.17, 15) is 0 Å². The van der Waals surface area contributed by atoms with Gasteiger partial charge in [-0.15, -0.1) is 0 Å². The van der Waals surface area contributed by atoms with Gasteiger partial charge in [-0.2, -0.15) is 5.10 Å². The van der Waals surface area contributed by atoms with Crippen LogP contribution in [0, 0.1) is 0 Å². The van der Waals surface area contributed by atoms with Crippen LogP contribution >= 0.6 is 11.6 Å². The average Bonchev–Trinajstić information content (AvgIpc) is 3.22. The fourth-order valence-electron chi connectivity index (χ4n) is 3.29. The largest absolute Gasteiger partial charge is 0.492 e. The summed E-state index contributed by atoms with van der Waals surface area (Å²) in [5.74, 6) is 1.91. The van der Waals surface area contributed by atoms with Crippen molar-refractivity contribution in [2.75, 3.05) is 18.5 Å². The summed E-state index contributed by atoms with van der Waals surface area (Å²) in [5.41, 5.74) is 4.40. The predicted molar refractivity (Wildman–Crippen MR) is 101 cm³/mol. The second-order valence-corrected chi connectivity index (χ2v) is 6.44. The lowest BCUT2D eigenvalue weighted by molar-refractivity contribution is 0.338. The highest BCUT2D eigenvalue weighted by atomic mass is 35.5. The zero-order chi connectivity index (χ0) is 17.2. The Bertz CT molecular complexity index is 904. The molecule has 1 aromatic heterocycles. The van der Waals surface area contributed by atoms with Gasteiger partial charge in [0, 0.05) is 23.6 Å². The Morgan fingerprint density at radius 3 is 2.80 bits per heavy atom.